The highest BCUT2D eigenvalue weighted by atomic mass is 32.2. The predicted molar refractivity (Wildman–Crippen MR) is 114 cm³/mol. The number of carbonyl (C=O) groups excluding carboxylic acids is 1. The third-order valence-electron chi connectivity index (χ3n) is 5.03. The summed E-state index contributed by atoms with van der Waals surface area (Å²) in [6.45, 7) is -0.222. The third-order valence-corrected chi connectivity index (χ3v) is 6.52. The Balaban J connectivity index is 1.47. The number of urea groups is 1. The summed E-state index contributed by atoms with van der Waals surface area (Å²) in [6, 6.07) is 13.4. The quantitative estimate of drug-likeness (QED) is 0.491. The van der Waals surface area contributed by atoms with Gasteiger partial charge in [-0.15, -0.1) is 0 Å². The van der Waals surface area contributed by atoms with E-state index in [1.165, 1.54) is 18.2 Å². The zero-order chi connectivity index (χ0) is 22.3. The van der Waals surface area contributed by atoms with Crippen molar-refractivity contribution in [2.75, 3.05) is 18.5 Å². The maximum atomic E-state index is 13.7. The highest BCUT2D eigenvalue weighted by Crippen LogP contribution is 2.22. The van der Waals surface area contributed by atoms with E-state index in [9.17, 15) is 22.7 Å². The monoisotopic (exact) mass is 451 g/mol. The van der Waals surface area contributed by atoms with Crippen LogP contribution in [0.2, 0.25) is 0 Å². The van der Waals surface area contributed by atoms with Crippen molar-refractivity contribution in [3.05, 3.63) is 60.4 Å². The molecular weight excluding hydrogens is 425 g/mol. The second kappa shape index (κ2) is 10.7. The van der Waals surface area contributed by atoms with Gasteiger partial charge in [-0.05, 0) is 43.5 Å². The first-order valence-corrected chi connectivity index (χ1v) is 11.5. The number of hydrogen-bond acceptors (Lipinski definition) is 5. The number of benzene rings is 2. The molecule has 168 valence electrons. The standard InChI is InChI=1S/C21H26FN3O5S/c22-17-8-4-5-9-20(17)31(28,29)23-13-12-16-10-11-18(19(14-26)30-16)25-21(27)24-15-6-2-1-3-7-15/h1-9,16,18-19,23,26H,10-14H2,(H2,24,25,27)/t16-,18+,19-/m0/s1. The third kappa shape index (κ3) is 6.47. The number of para-hydroxylation sites is 1. The molecule has 10 heteroatoms. The van der Waals surface area contributed by atoms with Gasteiger partial charge in [0.25, 0.3) is 0 Å². The lowest BCUT2D eigenvalue weighted by molar-refractivity contribution is -0.0884. The second-order valence-corrected chi connectivity index (χ2v) is 8.98. The predicted octanol–water partition coefficient (Wildman–Crippen LogP) is 2.22. The maximum absolute atomic E-state index is 13.7. The van der Waals surface area contributed by atoms with Crippen LogP contribution >= 0.6 is 0 Å². The lowest BCUT2D eigenvalue weighted by Crippen LogP contribution is -2.52. The summed E-state index contributed by atoms with van der Waals surface area (Å²) in [5.41, 5.74) is 0.650. The molecule has 0 radical (unpaired) electrons. The molecule has 3 rings (SSSR count). The number of nitrogens with one attached hydrogen (secondary N) is 3. The van der Waals surface area contributed by atoms with Crippen LogP contribution in [0.4, 0.5) is 14.9 Å². The van der Waals surface area contributed by atoms with Crippen LogP contribution in [-0.2, 0) is 14.8 Å². The van der Waals surface area contributed by atoms with Crippen molar-refractivity contribution in [3.8, 4) is 0 Å². The van der Waals surface area contributed by atoms with Gasteiger partial charge in [-0.1, -0.05) is 30.3 Å². The summed E-state index contributed by atoms with van der Waals surface area (Å²) in [7, 11) is -3.96. The lowest BCUT2D eigenvalue weighted by Gasteiger charge is -2.36. The largest absolute Gasteiger partial charge is 0.394 e. The van der Waals surface area contributed by atoms with Gasteiger partial charge in [-0.2, -0.15) is 0 Å². The molecule has 1 fully saturated rings. The van der Waals surface area contributed by atoms with Crippen molar-refractivity contribution in [3.63, 3.8) is 0 Å². The molecule has 2 amide bonds. The normalized spacial score (nSPS) is 21.4. The first-order chi connectivity index (χ1) is 14.9. The molecule has 0 unspecified atom stereocenters. The fraction of sp³-hybridized carbons (Fsp3) is 0.381. The summed E-state index contributed by atoms with van der Waals surface area (Å²) in [6.07, 6.45) is 0.596. The van der Waals surface area contributed by atoms with Gasteiger partial charge < -0.3 is 20.5 Å². The van der Waals surface area contributed by atoms with Crippen LogP contribution < -0.4 is 15.4 Å². The van der Waals surface area contributed by atoms with Crippen LogP contribution in [-0.4, -0.2) is 51.0 Å². The van der Waals surface area contributed by atoms with Gasteiger partial charge in [-0.25, -0.2) is 22.3 Å². The molecule has 2 aromatic carbocycles. The minimum atomic E-state index is -3.96. The number of aliphatic hydroxyl groups is 1. The van der Waals surface area contributed by atoms with Crippen molar-refractivity contribution in [1.82, 2.24) is 10.0 Å². The Morgan fingerprint density at radius 1 is 1.10 bits per heavy atom. The average Bonchev–Trinajstić information content (AvgIpc) is 2.75. The lowest BCUT2D eigenvalue weighted by atomic mass is 9.97. The summed E-state index contributed by atoms with van der Waals surface area (Å²) >= 11 is 0. The second-order valence-electron chi connectivity index (χ2n) is 7.24. The number of carbonyl (C=O) groups is 1. The molecule has 2 aromatic rings. The number of sulfonamides is 1. The summed E-state index contributed by atoms with van der Waals surface area (Å²) in [4.78, 5) is 11.8. The van der Waals surface area contributed by atoms with Crippen LogP contribution in [0.1, 0.15) is 19.3 Å². The van der Waals surface area contributed by atoms with Crippen molar-refractivity contribution < 1.29 is 27.4 Å². The van der Waals surface area contributed by atoms with E-state index in [4.69, 9.17) is 4.74 Å². The molecule has 31 heavy (non-hydrogen) atoms. The van der Waals surface area contributed by atoms with Gasteiger partial charge in [0.15, 0.2) is 0 Å². The molecule has 1 aliphatic rings. The van der Waals surface area contributed by atoms with Crippen molar-refractivity contribution >= 4 is 21.7 Å². The molecule has 0 aliphatic carbocycles. The first-order valence-electron chi connectivity index (χ1n) is 10.0. The van der Waals surface area contributed by atoms with E-state index in [2.05, 4.69) is 15.4 Å². The van der Waals surface area contributed by atoms with E-state index in [0.717, 1.165) is 6.07 Å². The molecular formula is C21H26FN3O5S. The zero-order valence-corrected chi connectivity index (χ0v) is 17.6. The van der Waals surface area contributed by atoms with Crippen LogP contribution in [0.3, 0.4) is 0 Å². The fourth-order valence-electron chi connectivity index (χ4n) is 3.46. The van der Waals surface area contributed by atoms with E-state index < -0.39 is 32.9 Å². The van der Waals surface area contributed by atoms with Crippen LogP contribution in [0, 0.1) is 5.82 Å². The Hall–Kier alpha value is -2.53. The molecule has 4 N–H and O–H groups in total. The van der Waals surface area contributed by atoms with Gasteiger partial charge in [0.2, 0.25) is 10.0 Å². The maximum Gasteiger partial charge on any atom is 0.319 e. The number of rotatable bonds is 8. The van der Waals surface area contributed by atoms with Crippen LogP contribution in [0.25, 0.3) is 0 Å². The first kappa shape index (κ1) is 23.1. The molecule has 1 aliphatic heterocycles. The number of halogens is 1. The molecule has 1 heterocycles. The Labute approximate surface area is 180 Å². The summed E-state index contributed by atoms with van der Waals surface area (Å²) in [5.74, 6) is -0.813. The molecule has 0 saturated carbocycles. The number of ether oxygens (including phenoxy) is 1. The van der Waals surface area contributed by atoms with E-state index in [-0.39, 0.29) is 25.3 Å². The van der Waals surface area contributed by atoms with Crippen LogP contribution in [0.5, 0.6) is 0 Å². The zero-order valence-electron chi connectivity index (χ0n) is 16.8. The molecule has 8 nitrogen and oxygen atoms in total. The molecule has 1 saturated heterocycles. The van der Waals surface area contributed by atoms with Crippen LogP contribution in [0.15, 0.2) is 59.5 Å². The highest BCUT2D eigenvalue weighted by molar-refractivity contribution is 7.89. The molecule has 0 bridgehead atoms. The van der Waals surface area contributed by atoms with E-state index >= 15 is 0 Å². The summed E-state index contributed by atoms with van der Waals surface area (Å²) < 4.78 is 46.5. The topological polar surface area (TPSA) is 117 Å². The van der Waals surface area contributed by atoms with Gasteiger partial charge in [0.05, 0.1) is 18.8 Å². The highest BCUT2D eigenvalue weighted by Gasteiger charge is 2.32. The molecule has 3 atom stereocenters. The fourth-order valence-corrected chi connectivity index (χ4v) is 4.59. The van der Waals surface area contributed by atoms with E-state index in [1.54, 1.807) is 24.3 Å². The van der Waals surface area contributed by atoms with Gasteiger partial charge in [0, 0.05) is 12.2 Å². The number of aliphatic hydroxyl groups excluding tert-OH is 1. The van der Waals surface area contributed by atoms with Crippen molar-refractivity contribution in [2.24, 2.45) is 0 Å². The Morgan fingerprint density at radius 2 is 1.81 bits per heavy atom. The van der Waals surface area contributed by atoms with Gasteiger partial charge >= 0.3 is 6.03 Å². The number of anilines is 1. The minimum Gasteiger partial charge on any atom is -0.394 e. The number of hydrogen-bond donors (Lipinski definition) is 4. The Morgan fingerprint density at radius 3 is 2.52 bits per heavy atom. The van der Waals surface area contributed by atoms with Crippen molar-refractivity contribution in [1.29, 1.82) is 0 Å². The SMILES string of the molecule is O=C(Nc1ccccc1)N[C@@H]1CC[C@@H](CCNS(=O)(=O)c2ccccc2F)O[C@H]1CO. The smallest absolute Gasteiger partial charge is 0.319 e. The number of amides is 2. The Bertz CT molecular complexity index is 974. The van der Waals surface area contributed by atoms with Gasteiger partial charge in [-0.3, -0.25) is 0 Å². The minimum absolute atomic E-state index is 0.0616. The Kier molecular flexibility index (Phi) is 7.97. The van der Waals surface area contributed by atoms with Crippen molar-refractivity contribution in [2.45, 2.75) is 42.4 Å². The van der Waals surface area contributed by atoms with Gasteiger partial charge in [0.1, 0.15) is 16.8 Å². The molecule has 0 aromatic heterocycles. The molecule has 0 spiro atoms. The van der Waals surface area contributed by atoms with E-state index in [1.807, 2.05) is 6.07 Å². The van der Waals surface area contributed by atoms with E-state index in [0.29, 0.717) is 24.9 Å². The average molecular weight is 452 g/mol. The summed E-state index contributed by atoms with van der Waals surface area (Å²) in [5, 5.41) is 15.2.